The molecule has 4 heteroatoms. The van der Waals surface area contributed by atoms with E-state index in [9.17, 15) is 0 Å². The normalized spacial score (nSPS) is 11.1. The van der Waals surface area contributed by atoms with Crippen LogP contribution in [0.4, 0.5) is 5.69 Å². The summed E-state index contributed by atoms with van der Waals surface area (Å²) in [5, 5.41) is 7.88. The van der Waals surface area contributed by atoms with Gasteiger partial charge in [-0.3, -0.25) is 0 Å². The maximum Gasteiger partial charge on any atom is 0.156 e. The Balaban J connectivity index is 2.21. The molecule has 1 aromatic carbocycles. The molecule has 1 aromatic heterocycles. The van der Waals surface area contributed by atoms with E-state index in [2.05, 4.69) is 17.1 Å². The first-order chi connectivity index (χ1) is 7.79. The van der Waals surface area contributed by atoms with Gasteiger partial charge in [-0.05, 0) is 30.7 Å². The summed E-state index contributed by atoms with van der Waals surface area (Å²) in [6, 6.07) is 7.72. The molecular formula is C12H14N4. The fraction of sp³-hybridized carbons (Fsp3) is 0.167. The summed E-state index contributed by atoms with van der Waals surface area (Å²) in [6.07, 6.45) is 5.64. The smallest absolute Gasteiger partial charge is 0.156 e. The van der Waals surface area contributed by atoms with Crippen LogP contribution in [0.3, 0.4) is 0 Å². The minimum atomic E-state index is 0.763. The summed E-state index contributed by atoms with van der Waals surface area (Å²) >= 11 is 0. The third kappa shape index (κ3) is 2.28. The second-order valence-corrected chi connectivity index (χ2v) is 3.48. The molecule has 0 atom stereocenters. The summed E-state index contributed by atoms with van der Waals surface area (Å²) in [7, 11) is 0. The van der Waals surface area contributed by atoms with Crippen molar-refractivity contribution in [1.82, 2.24) is 14.8 Å². The van der Waals surface area contributed by atoms with Gasteiger partial charge in [0.25, 0.3) is 0 Å². The van der Waals surface area contributed by atoms with E-state index in [1.807, 2.05) is 41.0 Å². The summed E-state index contributed by atoms with van der Waals surface area (Å²) < 4.78 is 1.97. The first kappa shape index (κ1) is 10.4. The number of anilines is 1. The van der Waals surface area contributed by atoms with Crippen molar-refractivity contribution in [1.29, 1.82) is 0 Å². The number of hydrogen-bond donors (Lipinski definition) is 1. The maximum absolute atomic E-state index is 5.70. The van der Waals surface area contributed by atoms with Crippen molar-refractivity contribution in [2.45, 2.75) is 13.5 Å². The summed E-state index contributed by atoms with van der Waals surface area (Å²) in [6.45, 7) is 2.92. The second kappa shape index (κ2) is 4.61. The number of nitrogens with two attached hydrogens (primary N) is 1. The number of aryl methyl sites for hydroxylation is 1. The van der Waals surface area contributed by atoms with E-state index in [1.54, 1.807) is 6.33 Å². The molecule has 0 saturated heterocycles. The fourth-order valence-corrected chi connectivity index (χ4v) is 1.47. The largest absolute Gasteiger partial charge is 0.399 e. The van der Waals surface area contributed by atoms with Gasteiger partial charge in [0.1, 0.15) is 6.33 Å². The monoisotopic (exact) mass is 214 g/mol. The average Bonchev–Trinajstić information content (AvgIpc) is 2.74. The zero-order valence-electron chi connectivity index (χ0n) is 9.17. The third-order valence-corrected chi connectivity index (χ3v) is 2.32. The van der Waals surface area contributed by atoms with Crippen molar-refractivity contribution in [3.05, 3.63) is 42.0 Å². The molecule has 0 unspecified atom stereocenters. The summed E-state index contributed by atoms with van der Waals surface area (Å²) in [4.78, 5) is 0. The molecule has 0 amide bonds. The molecule has 0 aliphatic rings. The van der Waals surface area contributed by atoms with Gasteiger partial charge < -0.3 is 10.3 Å². The van der Waals surface area contributed by atoms with Crippen LogP contribution >= 0.6 is 0 Å². The topological polar surface area (TPSA) is 56.7 Å². The lowest BCUT2D eigenvalue weighted by Gasteiger charge is -1.98. The molecule has 0 spiro atoms. The highest BCUT2D eigenvalue weighted by atomic mass is 15.2. The van der Waals surface area contributed by atoms with E-state index >= 15 is 0 Å². The Morgan fingerprint density at radius 3 is 3.00 bits per heavy atom. The highest BCUT2D eigenvalue weighted by Gasteiger charge is 1.96. The quantitative estimate of drug-likeness (QED) is 0.795. The number of benzene rings is 1. The van der Waals surface area contributed by atoms with Gasteiger partial charge in [0, 0.05) is 12.2 Å². The average molecular weight is 214 g/mol. The molecule has 0 aliphatic carbocycles. The molecule has 0 fully saturated rings. The molecule has 0 saturated carbocycles. The van der Waals surface area contributed by atoms with Crippen LogP contribution in [0.1, 0.15) is 18.3 Å². The highest BCUT2D eigenvalue weighted by molar-refractivity contribution is 5.68. The summed E-state index contributed by atoms with van der Waals surface area (Å²) in [5.74, 6) is 0.852. The zero-order chi connectivity index (χ0) is 11.4. The number of rotatable bonds is 3. The first-order valence-electron chi connectivity index (χ1n) is 5.21. The molecule has 2 N–H and O–H groups in total. The maximum atomic E-state index is 5.70. The molecule has 16 heavy (non-hydrogen) atoms. The molecule has 82 valence electrons. The first-order valence-corrected chi connectivity index (χ1v) is 5.21. The van der Waals surface area contributed by atoms with Gasteiger partial charge in [-0.1, -0.05) is 18.2 Å². The number of nitrogen functional groups attached to an aromatic ring is 1. The Morgan fingerprint density at radius 2 is 2.25 bits per heavy atom. The Morgan fingerprint density at radius 1 is 1.38 bits per heavy atom. The minimum absolute atomic E-state index is 0.763. The number of nitrogens with zero attached hydrogens (tertiary/aromatic N) is 3. The molecule has 2 rings (SSSR count). The fourth-order valence-electron chi connectivity index (χ4n) is 1.47. The van der Waals surface area contributed by atoms with E-state index in [0.717, 1.165) is 23.6 Å². The Labute approximate surface area is 94.4 Å². The van der Waals surface area contributed by atoms with Gasteiger partial charge >= 0.3 is 0 Å². The molecule has 0 bridgehead atoms. The van der Waals surface area contributed by atoms with E-state index < -0.39 is 0 Å². The van der Waals surface area contributed by atoms with Crippen molar-refractivity contribution in [2.24, 2.45) is 0 Å². The van der Waals surface area contributed by atoms with Crippen LogP contribution in [-0.4, -0.2) is 14.8 Å². The van der Waals surface area contributed by atoms with Crippen LogP contribution < -0.4 is 5.73 Å². The lowest BCUT2D eigenvalue weighted by atomic mass is 10.2. The predicted octanol–water partition coefficient (Wildman–Crippen LogP) is 2.05. The molecule has 4 nitrogen and oxygen atoms in total. The van der Waals surface area contributed by atoms with Crippen LogP contribution in [-0.2, 0) is 6.54 Å². The number of hydrogen-bond acceptors (Lipinski definition) is 3. The SMILES string of the molecule is CCn1cnnc1/C=C/c1cccc(N)c1. The predicted molar refractivity (Wildman–Crippen MR) is 65.5 cm³/mol. The molecule has 0 aliphatic heterocycles. The van der Waals surface area contributed by atoms with Crippen LogP contribution in [0.5, 0.6) is 0 Å². The molecular weight excluding hydrogens is 200 g/mol. The van der Waals surface area contributed by atoms with Gasteiger partial charge in [0.15, 0.2) is 5.82 Å². The van der Waals surface area contributed by atoms with Crippen LogP contribution in [0, 0.1) is 0 Å². The minimum Gasteiger partial charge on any atom is -0.399 e. The molecule has 2 aromatic rings. The molecule has 1 heterocycles. The lowest BCUT2D eigenvalue weighted by molar-refractivity contribution is 0.750. The van der Waals surface area contributed by atoms with Crippen LogP contribution in [0.2, 0.25) is 0 Å². The van der Waals surface area contributed by atoms with Gasteiger partial charge in [-0.25, -0.2) is 0 Å². The van der Waals surface area contributed by atoms with Gasteiger partial charge in [-0.2, -0.15) is 0 Å². The Kier molecular flexibility index (Phi) is 3.00. The third-order valence-electron chi connectivity index (χ3n) is 2.32. The van der Waals surface area contributed by atoms with E-state index in [0.29, 0.717) is 0 Å². The Hall–Kier alpha value is -2.10. The summed E-state index contributed by atoms with van der Waals surface area (Å²) in [5.41, 5.74) is 7.52. The second-order valence-electron chi connectivity index (χ2n) is 3.48. The Bertz CT molecular complexity index is 499. The number of aromatic nitrogens is 3. The van der Waals surface area contributed by atoms with Gasteiger partial charge in [0.2, 0.25) is 0 Å². The van der Waals surface area contributed by atoms with Crippen LogP contribution in [0.25, 0.3) is 12.2 Å². The van der Waals surface area contributed by atoms with E-state index in [1.165, 1.54) is 0 Å². The van der Waals surface area contributed by atoms with Crippen molar-refractivity contribution in [2.75, 3.05) is 5.73 Å². The van der Waals surface area contributed by atoms with Crippen molar-refractivity contribution in [3.8, 4) is 0 Å². The van der Waals surface area contributed by atoms with Gasteiger partial charge in [0.05, 0.1) is 0 Å². The van der Waals surface area contributed by atoms with Crippen molar-refractivity contribution < 1.29 is 0 Å². The van der Waals surface area contributed by atoms with Crippen molar-refractivity contribution in [3.63, 3.8) is 0 Å². The molecule has 0 radical (unpaired) electrons. The van der Waals surface area contributed by atoms with Gasteiger partial charge in [-0.15, -0.1) is 10.2 Å². The van der Waals surface area contributed by atoms with Crippen molar-refractivity contribution >= 4 is 17.8 Å². The van der Waals surface area contributed by atoms with E-state index in [-0.39, 0.29) is 0 Å². The van der Waals surface area contributed by atoms with E-state index in [4.69, 9.17) is 5.73 Å². The highest BCUT2D eigenvalue weighted by Crippen LogP contribution is 2.10. The standard InChI is InChI=1S/C12H14N4/c1-2-16-9-14-15-12(16)7-6-10-4-3-5-11(13)8-10/h3-9H,2,13H2,1H3/b7-6+. The van der Waals surface area contributed by atoms with Crippen LogP contribution in [0.15, 0.2) is 30.6 Å². The lowest BCUT2D eigenvalue weighted by Crippen LogP contribution is -1.94. The zero-order valence-corrected chi connectivity index (χ0v) is 9.17.